The second-order valence-electron chi connectivity index (χ2n) is 5.92. The number of nitrogens with zero attached hydrogens (tertiary/aromatic N) is 2. The lowest BCUT2D eigenvalue weighted by Gasteiger charge is -2.09. The normalized spacial score (nSPS) is 10.6. The molecule has 0 aliphatic heterocycles. The lowest BCUT2D eigenvalue weighted by Crippen LogP contribution is -2.12. The van der Waals surface area contributed by atoms with E-state index in [1.165, 1.54) is 5.56 Å². The SMILES string of the molecule is Cc1cc(C)n(-c2cccc(NC(=O)CCc3ccccc3)c2)n1. The van der Waals surface area contributed by atoms with Gasteiger partial charge in [0.05, 0.1) is 11.4 Å². The van der Waals surface area contributed by atoms with Crippen LogP contribution in [0.2, 0.25) is 0 Å². The van der Waals surface area contributed by atoms with Gasteiger partial charge in [-0.15, -0.1) is 0 Å². The van der Waals surface area contributed by atoms with Gasteiger partial charge in [0.2, 0.25) is 5.91 Å². The van der Waals surface area contributed by atoms with Crippen LogP contribution < -0.4 is 5.32 Å². The molecule has 0 atom stereocenters. The van der Waals surface area contributed by atoms with Crippen LogP contribution in [0.1, 0.15) is 23.4 Å². The number of benzene rings is 2. The lowest BCUT2D eigenvalue weighted by molar-refractivity contribution is -0.116. The fourth-order valence-corrected chi connectivity index (χ4v) is 2.73. The van der Waals surface area contributed by atoms with Crippen molar-refractivity contribution in [2.45, 2.75) is 26.7 Å². The van der Waals surface area contributed by atoms with Gasteiger partial charge in [-0.1, -0.05) is 36.4 Å². The molecule has 0 saturated heterocycles. The quantitative estimate of drug-likeness (QED) is 0.771. The summed E-state index contributed by atoms with van der Waals surface area (Å²) in [5.74, 6) is 0.0179. The van der Waals surface area contributed by atoms with Gasteiger partial charge in [-0.3, -0.25) is 4.79 Å². The maximum atomic E-state index is 12.2. The fourth-order valence-electron chi connectivity index (χ4n) is 2.73. The van der Waals surface area contributed by atoms with Gasteiger partial charge >= 0.3 is 0 Å². The van der Waals surface area contributed by atoms with Gasteiger partial charge in [0.1, 0.15) is 0 Å². The van der Waals surface area contributed by atoms with Crippen LogP contribution in [0, 0.1) is 13.8 Å². The van der Waals surface area contributed by atoms with Crippen LogP contribution in [0.15, 0.2) is 60.7 Å². The summed E-state index contributed by atoms with van der Waals surface area (Å²) in [7, 11) is 0. The van der Waals surface area contributed by atoms with Crippen LogP contribution in [-0.2, 0) is 11.2 Å². The van der Waals surface area contributed by atoms with Crippen LogP contribution in [0.4, 0.5) is 5.69 Å². The highest BCUT2D eigenvalue weighted by Gasteiger charge is 2.07. The Balaban J connectivity index is 1.66. The van der Waals surface area contributed by atoms with E-state index in [1.807, 2.05) is 79.2 Å². The topological polar surface area (TPSA) is 46.9 Å². The first kappa shape index (κ1) is 16.0. The zero-order valence-electron chi connectivity index (χ0n) is 14.0. The molecule has 3 aromatic rings. The molecule has 0 spiro atoms. The number of amides is 1. The van der Waals surface area contributed by atoms with E-state index in [0.29, 0.717) is 6.42 Å². The van der Waals surface area contributed by atoms with E-state index in [-0.39, 0.29) is 5.91 Å². The average Bonchev–Trinajstić information content (AvgIpc) is 2.93. The van der Waals surface area contributed by atoms with Crippen molar-refractivity contribution in [3.8, 4) is 5.69 Å². The molecule has 1 heterocycles. The number of carbonyl (C=O) groups excluding carboxylic acids is 1. The molecule has 1 aromatic heterocycles. The molecule has 0 fully saturated rings. The highest BCUT2D eigenvalue weighted by molar-refractivity contribution is 5.91. The molecule has 0 aliphatic rings. The van der Waals surface area contributed by atoms with E-state index >= 15 is 0 Å². The monoisotopic (exact) mass is 319 g/mol. The molecule has 0 bridgehead atoms. The number of anilines is 1. The molecular formula is C20H21N3O. The van der Waals surface area contributed by atoms with Gasteiger partial charge in [-0.25, -0.2) is 4.68 Å². The molecule has 0 aliphatic carbocycles. The molecule has 4 heteroatoms. The Labute approximate surface area is 142 Å². The van der Waals surface area contributed by atoms with E-state index in [4.69, 9.17) is 0 Å². The largest absolute Gasteiger partial charge is 0.326 e. The van der Waals surface area contributed by atoms with Crippen molar-refractivity contribution in [3.05, 3.63) is 77.6 Å². The number of hydrogen-bond donors (Lipinski definition) is 1. The number of nitrogens with one attached hydrogen (secondary N) is 1. The van der Waals surface area contributed by atoms with Crippen LogP contribution in [0.25, 0.3) is 5.69 Å². The maximum absolute atomic E-state index is 12.2. The second-order valence-corrected chi connectivity index (χ2v) is 5.92. The van der Waals surface area contributed by atoms with Crippen molar-refractivity contribution in [1.82, 2.24) is 9.78 Å². The van der Waals surface area contributed by atoms with Crippen LogP contribution >= 0.6 is 0 Å². The van der Waals surface area contributed by atoms with Gasteiger partial charge in [0.15, 0.2) is 0 Å². The van der Waals surface area contributed by atoms with Crippen LogP contribution in [0.5, 0.6) is 0 Å². The zero-order chi connectivity index (χ0) is 16.9. The number of rotatable bonds is 5. The van der Waals surface area contributed by atoms with Gasteiger partial charge in [-0.05, 0) is 50.1 Å². The molecule has 0 radical (unpaired) electrons. The summed E-state index contributed by atoms with van der Waals surface area (Å²) in [4.78, 5) is 12.2. The summed E-state index contributed by atoms with van der Waals surface area (Å²) in [5.41, 5.74) is 4.95. The Hall–Kier alpha value is -2.88. The Kier molecular flexibility index (Phi) is 4.75. The first-order valence-corrected chi connectivity index (χ1v) is 8.09. The summed E-state index contributed by atoms with van der Waals surface area (Å²) in [6.07, 6.45) is 1.21. The van der Waals surface area contributed by atoms with E-state index < -0.39 is 0 Å². The Bertz CT molecular complexity index is 837. The molecule has 0 saturated carbocycles. The second kappa shape index (κ2) is 7.13. The smallest absolute Gasteiger partial charge is 0.224 e. The maximum Gasteiger partial charge on any atom is 0.224 e. The van der Waals surface area contributed by atoms with E-state index in [2.05, 4.69) is 10.4 Å². The minimum absolute atomic E-state index is 0.0179. The minimum Gasteiger partial charge on any atom is -0.326 e. The Morgan fingerprint density at radius 2 is 1.83 bits per heavy atom. The average molecular weight is 319 g/mol. The third kappa shape index (κ3) is 3.90. The number of hydrogen-bond acceptors (Lipinski definition) is 2. The first-order valence-electron chi connectivity index (χ1n) is 8.09. The van der Waals surface area contributed by atoms with Gasteiger partial charge in [0.25, 0.3) is 0 Å². The van der Waals surface area contributed by atoms with Crippen molar-refractivity contribution >= 4 is 11.6 Å². The van der Waals surface area contributed by atoms with Crippen molar-refractivity contribution in [1.29, 1.82) is 0 Å². The highest BCUT2D eigenvalue weighted by atomic mass is 16.1. The third-order valence-corrected chi connectivity index (χ3v) is 3.87. The summed E-state index contributed by atoms with van der Waals surface area (Å²) in [5, 5.41) is 7.45. The predicted molar refractivity (Wildman–Crippen MR) is 96.4 cm³/mol. The van der Waals surface area contributed by atoms with Crippen LogP contribution in [0.3, 0.4) is 0 Å². The summed E-state index contributed by atoms with van der Waals surface area (Å²) >= 11 is 0. The molecule has 2 aromatic carbocycles. The summed E-state index contributed by atoms with van der Waals surface area (Å²) in [6, 6.07) is 19.8. The fraction of sp³-hybridized carbons (Fsp3) is 0.200. The third-order valence-electron chi connectivity index (χ3n) is 3.87. The number of aromatic nitrogens is 2. The number of carbonyl (C=O) groups is 1. The first-order chi connectivity index (χ1) is 11.6. The number of aryl methyl sites for hydroxylation is 3. The molecule has 4 nitrogen and oxygen atoms in total. The van der Waals surface area contributed by atoms with E-state index in [9.17, 15) is 4.79 Å². The summed E-state index contributed by atoms with van der Waals surface area (Å²) < 4.78 is 1.88. The van der Waals surface area contributed by atoms with Crippen molar-refractivity contribution in [2.24, 2.45) is 0 Å². The molecule has 24 heavy (non-hydrogen) atoms. The predicted octanol–water partition coefficient (Wildman–Crippen LogP) is 4.06. The summed E-state index contributed by atoms with van der Waals surface area (Å²) in [6.45, 7) is 3.99. The van der Waals surface area contributed by atoms with E-state index in [1.54, 1.807) is 0 Å². The molecule has 0 unspecified atom stereocenters. The molecular weight excluding hydrogens is 298 g/mol. The van der Waals surface area contributed by atoms with Crippen molar-refractivity contribution in [3.63, 3.8) is 0 Å². The van der Waals surface area contributed by atoms with Crippen molar-refractivity contribution < 1.29 is 4.79 Å². The Morgan fingerprint density at radius 1 is 1.04 bits per heavy atom. The van der Waals surface area contributed by atoms with Gasteiger partial charge in [0, 0.05) is 17.8 Å². The minimum atomic E-state index is 0.0179. The Morgan fingerprint density at radius 3 is 2.54 bits per heavy atom. The van der Waals surface area contributed by atoms with Crippen molar-refractivity contribution in [2.75, 3.05) is 5.32 Å². The zero-order valence-corrected chi connectivity index (χ0v) is 14.0. The standard InChI is InChI=1S/C20H21N3O/c1-15-13-16(2)23(22-15)19-10-6-9-18(14-19)21-20(24)12-11-17-7-4-3-5-8-17/h3-10,13-14H,11-12H2,1-2H3,(H,21,24). The lowest BCUT2D eigenvalue weighted by atomic mass is 10.1. The molecule has 1 N–H and O–H groups in total. The highest BCUT2D eigenvalue weighted by Crippen LogP contribution is 2.17. The van der Waals surface area contributed by atoms with E-state index in [0.717, 1.165) is 29.2 Å². The molecule has 1 amide bonds. The van der Waals surface area contributed by atoms with Crippen LogP contribution in [-0.4, -0.2) is 15.7 Å². The molecule has 3 rings (SSSR count). The van der Waals surface area contributed by atoms with Gasteiger partial charge < -0.3 is 5.32 Å². The molecule has 122 valence electrons. The van der Waals surface area contributed by atoms with Gasteiger partial charge in [-0.2, -0.15) is 5.10 Å².